The van der Waals surface area contributed by atoms with E-state index in [0.717, 1.165) is 25.3 Å². The number of hydrogen-bond donors (Lipinski definition) is 2. The summed E-state index contributed by atoms with van der Waals surface area (Å²) in [5.74, 6) is -0.0390. The largest absolute Gasteiger partial charge is 0.370 e. The van der Waals surface area contributed by atoms with Gasteiger partial charge in [-0.15, -0.1) is 0 Å². The topological polar surface area (TPSA) is 44.4 Å². The lowest BCUT2D eigenvalue weighted by Crippen LogP contribution is -2.32. The van der Waals surface area contributed by atoms with Gasteiger partial charge in [0, 0.05) is 44.0 Å². The lowest BCUT2D eigenvalue weighted by atomic mass is 10.2. The van der Waals surface area contributed by atoms with Crippen molar-refractivity contribution in [2.45, 2.75) is 25.9 Å². The Kier molecular flexibility index (Phi) is 4.93. The van der Waals surface area contributed by atoms with E-state index in [9.17, 15) is 4.79 Å². The van der Waals surface area contributed by atoms with Crippen LogP contribution in [0.25, 0.3) is 0 Å². The van der Waals surface area contributed by atoms with Gasteiger partial charge >= 0.3 is 0 Å². The molecule has 3 rings (SSSR count). The zero-order valence-corrected chi connectivity index (χ0v) is 13.5. The zero-order valence-electron chi connectivity index (χ0n) is 13.5. The van der Waals surface area contributed by atoms with Gasteiger partial charge in [0.15, 0.2) is 0 Å². The third kappa shape index (κ3) is 4.33. The summed E-state index contributed by atoms with van der Waals surface area (Å²) in [6.07, 6.45) is 1.17. The summed E-state index contributed by atoms with van der Waals surface area (Å²) < 4.78 is 0. The second-order valence-corrected chi connectivity index (χ2v) is 6.03. The average Bonchev–Trinajstić information content (AvgIpc) is 3.04. The van der Waals surface area contributed by atoms with Crippen molar-refractivity contribution >= 4 is 17.3 Å². The summed E-state index contributed by atoms with van der Waals surface area (Å²) >= 11 is 0. The summed E-state index contributed by atoms with van der Waals surface area (Å²) in [5.41, 5.74) is 3.38. The van der Waals surface area contributed by atoms with Crippen LogP contribution in [0.15, 0.2) is 54.6 Å². The molecule has 0 saturated carbocycles. The van der Waals surface area contributed by atoms with Gasteiger partial charge in [0.1, 0.15) is 0 Å². The maximum Gasteiger partial charge on any atom is 0.221 e. The third-order valence-electron chi connectivity index (χ3n) is 4.18. The first-order valence-electron chi connectivity index (χ1n) is 8.10. The van der Waals surface area contributed by atoms with Crippen molar-refractivity contribution in [1.29, 1.82) is 0 Å². The van der Waals surface area contributed by atoms with Crippen LogP contribution in [0, 0.1) is 0 Å². The average molecular weight is 309 g/mol. The highest BCUT2D eigenvalue weighted by Crippen LogP contribution is 2.20. The van der Waals surface area contributed by atoms with Gasteiger partial charge in [-0.2, -0.15) is 0 Å². The second kappa shape index (κ2) is 7.29. The lowest BCUT2D eigenvalue weighted by molar-refractivity contribution is -0.114. The van der Waals surface area contributed by atoms with E-state index in [1.54, 1.807) is 0 Å². The van der Waals surface area contributed by atoms with Crippen molar-refractivity contribution in [2.75, 3.05) is 23.3 Å². The molecule has 2 N–H and O–H groups in total. The van der Waals surface area contributed by atoms with Crippen LogP contribution in [0.3, 0.4) is 0 Å². The number of carbonyl (C=O) groups is 1. The van der Waals surface area contributed by atoms with E-state index in [0.29, 0.717) is 6.04 Å². The molecule has 120 valence electrons. The second-order valence-electron chi connectivity index (χ2n) is 6.03. The van der Waals surface area contributed by atoms with Crippen LogP contribution in [0.4, 0.5) is 11.4 Å². The highest BCUT2D eigenvalue weighted by Gasteiger charge is 2.21. The summed E-state index contributed by atoms with van der Waals surface area (Å²) in [7, 11) is 0. The molecular weight excluding hydrogens is 286 g/mol. The highest BCUT2D eigenvalue weighted by atomic mass is 16.1. The molecule has 2 aromatic rings. The fourth-order valence-electron chi connectivity index (χ4n) is 2.97. The highest BCUT2D eigenvalue weighted by molar-refractivity contribution is 5.88. The first-order chi connectivity index (χ1) is 11.2. The Balaban J connectivity index is 1.48. The molecule has 4 heteroatoms. The number of para-hydroxylation sites is 1. The van der Waals surface area contributed by atoms with E-state index >= 15 is 0 Å². The number of hydrogen-bond acceptors (Lipinski definition) is 3. The number of nitrogens with one attached hydrogen (secondary N) is 2. The van der Waals surface area contributed by atoms with Gasteiger partial charge in [0.05, 0.1) is 0 Å². The van der Waals surface area contributed by atoms with Crippen molar-refractivity contribution in [3.63, 3.8) is 0 Å². The van der Waals surface area contributed by atoms with Crippen molar-refractivity contribution in [1.82, 2.24) is 5.32 Å². The first kappa shape index (κ1) is 15.6. The van der Waals surface area contributed by atoms with Crippen molar-refractivity contribution in [3.8, 4) is 0 Å². The fourth-order valence-corrected chi connectivity index (χ4v) is 2.97. The van der Waals surface area contributed by atoms with E-state index in [1.807, 2.05) is 12.1 Å². The quantitative estimate of drug-likeness (QED) is 0.892. The number of nitrogens with zero attached hydrogens (tertiary/aromatic N) is 1. The minimum Gasteiger partial charge on any atom is -0.370 e. The molecule has 1 heterocycles. The maximum atomic E-state index is 11.0. The number of benzene rings is 2. The van der Waals surface area contributed by atoms with Crippen LogP contribution in [-0.4, -0.2) is 25.0 Å². The lowest BCUT2D eigenvalue weighted by Gasteiger charge is -2.19. The standard InChI is InChI=1S/C19H23N3O/c1-15(23)21-17-9-7-16(8-10-17)13-20-18-11-12-22(14-18)19-5-3-2-4-6-19/h2-10,18,20H,11-14H2,1H3,(H,21,23). The van der Waals surface area contributed by atoms with Gasteiger partial charge in [0.2, 0.25) is 5.91 Å². The van der Waals surface area contributed by atoms with E-state index in [1.165, 1.54) is 24.6 Å². The van der Waals surface area contributed by atoms with Gasteiger partial charge < -0.3 is 15.5 Å². The molecule has 0 aromatic heterocycles. The number of carbonyl (C=O) groups excluding carboxylic acids is 1. The van der Waals surface area contributed by atoms with Crippen molar-refractivity contribution < 1.29 is 4.79 Å². The molecule has 1 aliphatic heterocycles. The zero-order chi connectivity index (χ0) is 16.1. The molecule has 1 fully saturated rings. The molecule has 1 aliphatic rings. The molecular formula is C19H23N3O. The predicted molar refractivity (Wildman–Crippen MR) is 94.6 cm³/mol. The van der Waals surface area contributed by atoms with Crippen LogP contribution in [0.2, 0.25) is 0 Å². The van der Waals surface area contributed by atoms with Gasteiger partial charge in [0.25, 0.3) is 0 Å². The first-order valence-corrected chi connectivity index (χ1v) is 8.10. The Labute approximate surface area is 137 Å². The summed E-state index contributed by atoms with van der Waals surface area (Å²) in [4.78, 5) is 13.4. The van der Waals surface area contributed by atoms with Crippen LogP contribution in [0.1, 0.15) is 18.9 Å². The minimum atomic E-state index is -0.0390. The van der Waals surface area contributed by atoms with E-state index in [4.69, 9.17) is 0 Å². The molecule has 0 spiro atoms. The fraction of sp³-hybridized carbons (Fsp3) is 0.316. The molecule has 1 unspecified atom stereocenters. The molecule has 1 atom stereocenters. The van der Waals surface area contributed by atoms with Gasteiger partial charge in [-0.25, -0.2) is 0 Å². The van der Waals surface area contributed by atoms with Crippen molar-refractivity contribution in [3.05, 3.63) is 60.2 Å². The number of amides is 1. The summed E-state index contributed by atoms with van der Waals surface area (Å²) in [6.45, 7) is 4.53. The molecule has 4 nitrogen and oxygen atoms in total. The molecule has 23 heavy (non-hydrogen) atoms. The van der Waals surface area contributed by atoms with E-state index in [2.05, 4.69) is 58.0 Å². The molecule has 0 aliphatic carbocycles. The van der Waals surface area contributed by atoms with Gasteiger partial charge in [-0.1, -0.05) is 30.3 Å². The van der Waals surface area contributed by atoms with Gasteiger partial charge in [-0.05, 0) is 36.2 Å². The summed E-state index contributed by atoms with van der Waals surface area (Å²) in [6, 6.07) is 19.1. The molecule has 1 amide bonds. The van der Waals surface area contributed by atoms with E-state index in [-0.39, 0.29) is 5.91 Å². The maximum absolute atomic E-state index is 11.0. The third-order valence-corrected chi connectivity index (χ3v) is 4.18. The number of rotatable bonds is 5. The molecule has 2 aromatic carbocycles. The van der Waals surface area contributed by atoms with Crippen molar-refractivity contribution in [2.24, 2.45) is 0 Å². The Morgan fingerprint density at radius 1 is 1.13 bits per heavy atom. The molecule has 0 bridgehead atoms. The Morgan fingerprint density at radius 2 is 1.87 bits per heavy atom. The monoisotopic (exact) mass is 309 g/mol. The van der Waals surface area contributed by atoms with E-state index < -0.39 is 0 Å². The minimum absolute atomic E-state index is 0.0390. The Morgan fingerprint density at radius 3 is 2.57 bits per heavy atom. The van der Waals surface area contributed by atoms with Gasteiger partial charge in [-0.3, -0.25) is 4.79 Å². The molecule has 0 radical (unpaired) electrons. The van der Waals surface area contributed by atoms with Crippen LogP contribution >= 0.6 is 0 Å². The normalized spacial score (nSPS) is 17.3. The smallest absolute Gasteiger partial charge is 0.221 e. The Bertz CT molecular complexity index is 639. The SMILES string of the molecule is CC(=O)Nc1ccc(CNC2CCN(c3ccccc3)C2)cc1. The predicted octanol–water partition coefficient (Wildman–Crippen LogP) is 3.01. The molecule has 1 saturated heterocycles. The van der Waals surface area contributed by atoms with Crippen LogP contribution in [-0.2, 0) is 11.3 Å². The Hall–Kier alpha value is -2.33. The van der Waals surface area contributed by atoms with Crippen LogP contribution < -0.4 is 15.5 Å². The number of anilines is 2. The summed E-state index contributed by atoms with van der Waals surface area (Å²) in [5, 5.41) is 6.42. The van der Waals surface area contributed by atoms with Crippen LogP contribution in [0.5, 0.6) is 0 Å².